The van der Waals surface area contributed by atoms with Gasteiger partial charge in [0, 0.05) is 25.0 Å². The van der Waals surface area contributed by atoms with Gasteiger partial charge in [-0.3, -0.25) is 4.79 Å². The fraction of sp³-hybridized carbons (Fsp3) is 0.571. The van der Waals surface area contributed by atoms with Crippen LogP contribution >= 0.6 is 0 Å². The van der Waals surface area contributed by atoms with Crippen LogP contribution in [0.25, 0.3) is 0 Å². The second-order valence-electron chi connectivity index (χ2n) is 7.21. The summed E-state index contributed by atoms with van der Waals surface area (Å²) < 4.78 is 15.1. The van der Waals surface area contributed by atoms with E-state index in [4.69, 9.17) is 14.2 Å². The molecule has 2 atom stereocenters. The number of methoxy groups -OCH3 is 1. The van der Waals surface area contributed by atoms with Gasteiger partial charge in [0.05, 0.1) is 20.3 Å². The van der Waals surface area contributed by atoms with Crippen LogP contribution in [-0.2, 0) is 23.8 Å². The Morgan fingerprint density at radius 2 is 1.69 bits per heavy atom. The summed E-state index contributed by atoms with van der Waals surface area (Å²) in [6.45, 7) is 4.20. The number of imide groups is 1. The Balaban J connectivity index is 2.27. The van der Waals surface area contributed by atoms with Gasteiger partial charge in [-0.25, -0.2) is 19.4 Å². The number of nitrogens with one attached hydrogen (secondary N) is 1. The number of pyridine rings is 1. The van der Waals surface area contributed by atoms with E-state index in [-0.39, 0.29) is 24.9 Å². The molecule has 1 aliphatic heterocycles. The third-order valence-electron chi connectivity index (χ3n) is 4.93. The lowest BCUT2D eigenvalue weighted by atomic mass is 9.97. The summed E-state index contributed by atoms with van der Waals surface area (Å²) in [7, 11) is 2.85. The van der Waals surface area contributed by atoms with Crippen LogP contribution in [0.2, 0.25) is 0 Å². The molecule has 0 unspecified atom stereocenters. The fourth-order valence-corrected chi connectivity index (χ4v) is 3.00. The number of carbonyl (C=O) groups excluding carboxylic acids is 4. The summed E-state index contributed by atoms with van der Waals surface area (Å²) in [4.78, 5) is 55.6. The number of esters is 1. The number of hydrogen-bond donors (Lipinski definition) is 1. The average molecular weight is 450 g/mol. The molecule has 176 valence electrons. The molecule has 0 saturated carbocycles. The van der Waals surface area contributed by atoms with Gasteiger partial charge in [0.25, 0.3) is 0 Å². The van der Waals surface area contributed by atoms with Crippen molar-refractivity contribution in [2.24, 2.45) is 0 Å². The molecule has 3 amide bonds. The molecular formula is C21H30N4O7. The van der Waals surface area contributed by atoms with Gasteiger partial charge in [-0.15, -0.1) is 0 Å². The Morgan fingerprint density at radius 3 is 2.19 bits per heavy atom. The third kappa shape index (κ3) is 5.86. The Bertz CT molecular complexity index is 810. The zero-order valence-corrected chi connectivity index (χ0v) is 18.8. The van der Waals surface area contributed by atoms with E-state index in [9.17, 15) is 19.2 Å². The molecule has 1 aliphatic rings. The number of β-lactam (4-membered cyclic amide) rings is 1. The molecule has 0 bridgehead atoms. The first-order valence-corrected chi connectivity index (χ1v) is 10.6. The van der Waals surface area contributed by atoms with Gasteiger partial charge < -0.3 is 24.4 Å². The molecule has 1 aromatic heterocycles. The first-order valence-electron chi connectivity index (χ1n) is 10.6. The Labute approximate surface area is 187 Å². The summed E-state index contributed by atoms with van der Waals surface area (Å²) in [6, 6.07) is 1.40. The fourth-order valence-electron chi connectivity index (χ4n) is 3.00. The molecule has 2 heterocycles. The van der Waals surface area contributed by atoms with Gasteiger partial charge in [0.2, 0.25) is 5.91 Å². The quantitative estimate of drug-likeness (QED) is 0.247. The molecule has 0 aromatic carbocycles. The summed E-state index contributed by atoms with van der Waals surface area (Å²) >= 11 is 0. The molecule has 1 aromatic rings. The minimum Gasteiger partial charge on any atom is -0.467 e. The van der Waals surface area contributed by atoms with Gasteiger partial charge >= 0.3 is 18.2 Å². The largest absolute Gasteiger partial charge is 0.467 e. The first-order chi connectivity index (χ1) is 15.3. The molecule has 0 radical (unpaired) electrons. The van der Waals surface area contributed by atoms with Crippen LogP contribution in [0.15, 0.2) is 18.3 Å². The number of amides is 3. The van der Waals surface area contributed by atoms with Crippen molar-refractivity contribution in [3.05, 3.63) is 18.3 Å². The zero-order valence-electron chi connectivity index (χ0n) is 18.8. The van der Waals surface area contributed by atoms with Crippen LogP contribution < -0.4 is 15.1 Å². The van der Waals surface area contributed by atoms with Crippen molar-refractivity contribution in [1.82, 2.24) is 10.3 Å². The van der Waals surface area contributed by atoms with Gasteiger partial charge in [-0.05, 0) is 18.9 Å². The van der Waals surface area contributed by atoms with E-state index in [1.54, 1.807) is 18.0 Å². The zero-order chi connectivity index (χ0) is 23.7. The molecule has 32 heavy (non-hydrogen) atoms. The number of likely N-dealkylation sites (N-methyl/N-ethyl adjacent to an activating group) is 1. The summed E-state index contributed by atoms with van der Waals surface area (Å²) in [6.07, 6.45) is 2.51. The average Bonchev–Trinajstić information content (AvgIpc) is 2.77. The molecule has 1 fully saturated rings. The van der Waals surface area contributed by atoms with Crippen molar-refractivity contribution in [2.45, 2.75) is 51.6 Å². The standard InChI is InChI=1S/C21H30N4O7/c1-5-7-11-31-20(28)25(21(29)32-12-8-6-2)15-13-14(9-10-22-15)24(3)17-16(19(27)30-4)23-18(17)26/h9-10,13,16-17H,5-8,11-12H2,1-4H3,(H,23,26)/t16-,17+/m0/s1. The van der Waals surface area contributed by atoms with Crippen LogP contribution in [0.3, 0.4) is 0 Å². The highest BCUT2D eigenvalue weighted by Gasteiger charge is 2.47. The number of unbranched alkanes of at least 4 members (excludes halogenated alkanes) is 2. The SMILES string of the molecule is CCCCOC(=O)N(C(=O)OCCCC)c1cc(N(C)[C@H]2C(=O)N[C@@H]2C(=O)OC)ccn1. The van der Waals surface area contributed by atoms with Gasteiger partial charge in [0.15, 0.2) is 11.9 Å². The van der Waals surface area contributed by atoms with Crippen LogP contribution in [0.4, 0.5) is 21.1 Å². The number of anilines is 2. The maximum absolute atomic E-state index is 12.6. The predicted octanol–water partition coefficient (Wildman–Crippen LogP) is 2.24. The van der Waals surface area contributed by atoms with Crippen LogP contribution in [-0.4, -0.2) is 68.5 Å². The number of hydrogen-bond acceptors (Lipinski definition) is 9. The highest BCUT2D eigenvalue weighted by molar-refractivity contribution is 6.09. The van der Waals surface area contributed by atoms with E-state index in [0.29, 0.717) is 18.5 Å². The maximum atomic E-state index is 12.6. The molecule has 2 rings (SSSR count). The molecule has 0 aliphatic carbocycles. The topological polar surface area (TPSA) is 127 Å². The normalized spacial score (nSPS) is 16.9. The number of aromatic nitrogens is 1. The Morgan fingerprint density at radius 1 is 1.09 bits per heavy atom. The summed E-state index contributed by atoms with van der Waals surface area (Å²) in [5.74, 6) is -0.945. The molecular weight excluding hydrogens is 420 g/mol. The predicted molar refractivity (Wildman–Crippen MR) is 115 cm³/mol. The third-order valence-corrected chi connectivity index (χ3v) is 4.93. The summed E-state index contributed by atoms with van der Waals surface area (Å²) in [5, 5.41) is 2.50. The molecule has 1 saturated heterocycles. The van der Waals surface area contributed by atoms with E-state index in [1.165, 1.54) is 19.4 Å². The highest BCUT2D eigenvalue weighted by Crippen LogP contribution is 2.26. The summed E-state index contributed by atoms with van der Waals surface area (Å²) in [5.41, 5.74) is 0.455. The first kappa shape index (κ1) is 24.9. The van der Waals surface area contributed by atoms with Gasteiger partial charge in [0.1, 0.15) is 6.04 Å². The van der Waals surface area contributed by atoms with Crippen molar-refractivity contribution in [3.8, 4) is 0 Å². The number of carbonyl (C=O) groups is 4. The van der Waals surface area contributed by atoms with Crippen molar-refractivity contribution in [2.75, 3.05) is 37.2 Å². The van der Waals surface area contributed by atoms with Gasteiger partial charge in [-0.1, -0.05) is 26.7 Å². The van der Waals surface area contributed by atoms with Crippen LogP contribution in [0.1, 0.15) is 39.5 Å². The molecule has 0 spiro atoms. The van der Waals surface area contributed by atoms with Gasteiger partial charge in [-0.2, -0.15) is 4.90 Å². The van der Waals surface area contributed by atoms with Crippen LogP contribution in [0, 0.1) is 0 Å². The van der Waals surface area contributed by atoms with Crippen molar-refractivity contribution in [3.63, 3.8) is 0 Å². The second kappa shape index (κ2) is 11.9. The number of nitrogens with zero attached hydrogens (tertiary/aromatic N) is 3. The molecule has 11 nitrogen and oxygen atoms in total. The van der Waals surface area contributed by atoms with E-state index >= 15 is 0 Å². The smallest absolute Gasteiger partial charge is 0.425 e. The second-order valence-corrected chi connectivity index (χ2v) is 7.21. The lowest BCUT2D eigenvalue weighted by Gasteiger charge is -2.41. The van der Waals surface area contributed by atoms with E-state index in [1.807, 2.05) is 13.8 Å². The van der Waals surface area contributed by atoms with Crippen molar-refractivity contribution in [1.29, 1.82) is 0 Å². The Hall–Kier alpha value is -3.37. The van der Waals surface area contributed by atoms with E-state index in [2.05, 4.69) is 10.3 Å². The minimum atomic E-state index is -0.902. The minimum absolute atomic E-state index is 0.0216. The van der Waals surface area contributed by atoms with Crippen LogP contribution in [0.5, 0.6) is 0 Å². The Kier molecular flexibility index (Phi) is 9.23. The van der Waals surface area contributed by atoms with E-state index < -0.39 is 30.2 Å². The molecule has 11 heteroatoms. The lowest BCUT2D eigenvalue weighted by Crippen LogP contribution is -2.71. The monoisotopic (exact) mass is 450 g/mol. The molecule has 1 N–H and O–H groups in total. The maximum Gasteiger partial charge on any atom is 0.425 e. The number of ether oxygens (including phenoxy) is 3. The van der Waals surface area contributed by atoms with E-state index in [0.717, 1.165) is 17.7 Å². The van der Waals surface area contributed by atoms with Crippen molar-refractivity contribution >= 4 is 35.6 Å². The lowest BCUT2D eigenvalue weighted by molar-refractivity contribution is -0.152. The van der Waals surface area contributed by atoms with Crippen molar-refractivity contribution < 1.29 is 33.4 Å². The highest BCUT2D eigenvalue weighted by atomic mass is 16.6. The number of rotatable bonds is 10.